The zero-order chi connectivity index (χ0) is 12.0. The molecule has 0 spiro atoms. The predicted octanol–water partition coefficient (Wildman–Crippen LogP) is 1.17. The number of aromatic nitrogens is 2. The van der Waals surface area contributed by atoms with E-state index in [2.05, 4.69) is 29.1 Å². The Hall–Kier alpha value is -1.67. The van der Waals surface area contributed by atoms with Crippen LogP contribution in [0, 0.1) is 17.2 Å². The largest absolute Gasteiger partial charge is 0.394 e. The second-order valence-electron chi connectivity index (χ2n) is 4.05. The Labute approximate surface area is 95.2 Å². The standard InChI is InChI=1S/C11H16N4O/c1-8(2)3-9(7-16)15-11-6-13-10(4-12)5-14-11/h5-6,8-9,16H,3,7H2,1-2H3,(H,14,15). The lowest BCUT2D eigenvalue weighted by atomic mass is 10.0. The third kappa shape index (κ3) is 3.83. The smallest absolute Gasteiger partial charge is 0.158 e. The first-order valence-electron chi connectivity index (χ1n) is 5.25. The van der Waals surface area contributed by atoms with Crippen LogP contribution < -0.4 is 5.32 Å². The van der Waals surface area contributed by atoms with E-state index in [-0.39, 0.29) is 18.3 Å². The lowest BCUT2D eigenvalue weighted by molar-refractivity contribution is 0.259. The molecule has 0 fully saturated rings. The van der Waals surface area contributed by atoms with Gasteiger partial charge in [0, 0.05) is 0 Å². The van der Waals surface area contributed by atoms with Crippen molar-refractivity contribution < 1.29 is 5.11 Å². The number of nitrogens with one attached hydrogen (secondary N) is 1. The SMILES string of the molecule is CC(C)CC(CO)Nc1cnc(C#N)cn1. The minimum absolute atomic E-state index is 0.0257. The maximum absolute atomic E-state index is 9.17. The lowest BCUT2D eigenvalue weighted by Crippen LogP contribution is -2.26. The second kappa shape index (κ2) is 6.03. The van der Waals surface area contributed by atoms with Crippen molar-refractivity contribution in [3.8, 4) is 6.07 Å². The molecule has 1 atom stereocenters. The fourth-order valence-corrected chi connectivity index (χ4v) is 1.42. The van der Waals surface area contributed by atoms with Crippen molar-refractivity contribution in [3.63, 3.8) is 0 Å². The Morgan fingerprint density at radius 2 is 2.19 bits per heavy atom. The molecule has 5 nitrogen and oxygen atoms in total. The fraction of sp³-hybridized carbons (Fsp3) is 0.545. The van der Waals surface area contributed by atoms with Crippen molar-refractivity contribution in [3.05, 3.63) is 18.1 Å². The fourth-order valence-electron chi connectivity index (χ4n) is 1.42. The van der Waals surface area contributed by atoms with Crippen molar-refractivity contribution >= 4 is 5.82 Å². The van der Waals surface area contributed by atoms with Crippen LogP contribution in [0.5, 0.6) is 0 Å². The van der Waals surface area contributed by atoms with Crippen molar-refractivity contribution in [1.82, 2.24) is 9.97 Å². The summed E-state index contributed by atoms with van der Waals surface area (Å²) in [5, 5.41) is 20.8. The van der Waals surface area contributed by atoms with Crippen molar-refractivity contribution in [2.24, 2.45) is 5.92 Å². The first-order valence-corrected chi connectivity index (χ1v) is 5.25. The molecule has 0 saturated carbocycles. The van der Waals surface area contributed by atoms with Crippen molar-refractivity contribution in [2.75, 3.05) is 11.9 Å². The summed E-state index contributed by atoms with van der Waals surface area (Å²) in [7, 11) is 0. The second-order valence-corrected chi connectivity index (χ2v) is 4.05. The molecule has 1 heterocycles. The minimum Gasteiger partial charge on any atom is -0.394 e. The molecule has 0 radical (unpaired) electrons. The van der Waals surface area contributed by atoms with Gasteiger partial charge in [-0.3, -0.25) is 0 Å². The molecule has 16 heavy (non-hydrogen) atoms. The van der Waals surface area contributed by atoms with Gasteiger partial charge >= 0.3 is 0 Å². The van der Waals surface area contributed by atoms with E-state index >= 15 is 0 Å². The number of aliphatic hydroxyl groups is 1. The van der Waals surface area contributed by atoms with E-state index < -0.39 is 0 Å². The summed E-state index contributed by atoms with van der Waals surface area (Å²) in [5.74, 6) is 1.08. The van der Waals surface area contributed by atoms with Crippen LogP contribution in [-0.2, 0) is 0 Å². The maximum Gasteiger partial charge on any atom is 0.158 e. The maximum atomic E-state index is 9.17. The molecule has 0 aliphatic heterocycles. The van der Waals surface area contributed by atoms with Crippen LogP contribution in [0.25, 0.3) is 0 Å². The summed E-state index contributed by atoms with van der Waals surface area (Å²) in [6, 6.07) is 1.88. The highest BCUT2D eigenvalue weighted by atomic mass is 16.3. The highest BCUT2D eigenvalue weighted by Gasteiger charge is 2.10. The molecule has 0 amide bonds. The quantitative estimate of drug-likeness (QED) is 0.778. The minimum atomic E-state index is -0.0257. The zero-order valence-electron chi connectivity index (χ0n) is 9.51. The van der Waals surface area contributed by atoms with Crippen LogP contribution in [0.1, 0.15) is 26.0 Å². The topological polar surface area (TPSA) is 81.8 Å². The predicted molar refractivity (Wildman–Crippen MR) is 60.7 cm³/mol. The molecule has 0 bridgehead atoms. The van der Waals surface area contributed by atoms with Crippen LogP contribution >= 0.6 is 0 Å². The van der Waals surface area contributed by atoms with Crippen LogP contribution in [-0.4, -0.2) is 27.7 Å². The number of rotatable bonds is 5. The van der Waals surface area contributed by atoms with Gasteiger partial charge in [0.2, 0.25) is 0 Å². The summed E-state index contributed by atoms with van der Waals surface area (Å²) in [6.45, 7) is 4.24. The molecule has 86 valence electrons. The molecule has 0 aliphatic carbocycles. The highest BCUT2D eigenvalue weighted by molar-refractivity contribution is 5.34. The normalized spacial score (nSPS) is 12.2. The van der Waals surface area contributed by atoms with Gasteiger partial charge in [-0.25, -0.2) is 9.97 Å². The summed E-state index contributed by atoms with van der Waals surface area (Å²) >= 11 is 0. The van der Waals surface area contributed by atoms with Gasteiger partial charge in [-0.1, -0.05) is 13.8 Å². The van der Waals surface area contributed by atoms with E-state index in [1.807, 2.05) is 6.07 Å². The van der Waals surface area contributed by atoms with Gasteiger partial charge in [0.1, 0.15) is 11.9 Å². The third-order valence-electron chi connectivity index (χ3n) is 2.09. The van der Waals surface area contributed by atoms with E-state index in [4.69, 9.17) is 5.26 Å². The molecular formula is C11H16N4O. The molecule has 1 aromatic rings. The summed E-state index contributed by atoms with van der Waals surface area (Å²) in [5.41, 5.74) is 0.287. The third-order valence-corrected chi connectivity index (χ3v) is 2.09. The average Bonchev–Trinajstić information content (AvgIpc) is 2.28. The molecule has 1 rings (SSSR count). The first kappa shape index (κ1) is 12.4. The average molecular weight is 220 g/mol. The van der Waals surface area contributed by atoms with Crippen LogP contribution in [0.4, 0.5) is 5.82 Å². The molecular weight excluding hydrogens is 204 g/mol. The molecule has 5 heteroatoms. The molecule has 0 aromatic carbocycles. The van der Waals surface area contributed by atoms with Gasteiger partial charge in [0.15, 0.2) is 5.69 Å². The van der Waals surface area contributed by atoms with E-state index in [0.717, 1.165) is 6.42 Å². The number of hydrogen-bond donors (Lipinski definition) is 2. The summed E-state index contributed by atoms with van der Waals surface area (Å²) in [4.78, 5) is 7.93. The number of aliphatic hydroxyl groups excluding tert-OH is 1. The molecule has 1 aromatic heterocycles. The van der Waals surface area contributed by atoms with Crippen molar-refractivity contribution in [1.29, 1.82) is 5.26 Å². The lowest BCUT2D eigenvalue weighted by Gasteiger charge is -2.18. The number of nitriles is 1. The summed E-state index contributed by atoms with van der Waals surface area (Å²) in [6.07, 6.45) is 3.77. The van der Waals surface area contributed by atoms with E-state index in [9.17, 15) is 5.11 Å². The molecule has 1 unspecified atom stereocenters. The van der Waals surface area contributed by atoms with Gasteiger partial charge < -0.3 is 10.4 Å². The Bertz CT molecular complexity index is 355. The van der Waals surface area contributed by atoms with Crippen LogP contribution in [0.2, 0.25) is 0 Å². The molecule has 0 saturated heterocycles. The van der Waals surface area contributed by atoms with Gasteiger partial charge in [-0.15, -0.1) is 0 Å². The monoisotopic (exact) mass is 220 g/mol. The summed E-state index contributed by atoms with van der Waals surface area (Å²) < 4.78 is 0. The van der Waals surface area contributed by atoms with E-state index in [1.165, 1.54) is 12.4 Å². The zero-order valence-corrected chi connectivity index (χ0v) is 9.51. The van der Waals surface area contributed by atoms with E-state index in [0.29, 0.717) is 11.7 Å². The number of nitrogens with zero attached hydrogens (tertiary/aromatic N) is 3. The Balaban J connectivity index is 2.60. The van der Waals surface area contributed by atoms with Crippen LogP contribution in [0.3, 0.4) is 0 Å². The van der Waals surface area contributed by atoms with Gasteiger partial charge in [-0.05, 0) is 12.3 Å². The van der Waals surface area contributed by atoms with E-state index in [1.54, 1.807) is 0 Å². The van der Waals surface area contributed by atoms with Gasteiger partial charge in [0.25, 0.3) is 0 Å². The first-order chi connectivity index (χ1) is 7.65. The van der Waals surface area contributed by atoms with Gasteiger partial charge in [-0.2, -0.15) is 5.26 Å². The van der Waals surface area contributed by atoms with Gasteiger partial charge in [0.05, 0.1) is 25.0 Å². The Morgan fingerprint density at radius 1 is 1.44 bits per heavy atom. The highest BCUT2D eigenvalue weighted by Crippen LogP contribution is 2.09. The van der Waals surface area contributed by atoms with Crippen LogP contribution in [0.15, 0.2) is 12.4 Å². The molecule has 2 N–H and O–H groups in total. The number of hydrogen-bond acceptors (Lipinski definition) is 5. The number of anilines is 1. The van der Waals surface area contributed by atoms with Crippen molar-refractivity contribution in [2.45, 2.75) is 26.3 Å². The molecule has 0 aliphatic rings. The Kier molecular flexibility index (Phi) is 4.67. The Morgan fingerprint density at radius 3 is 2.62 bits per heavy atom.